The summed E-state index contributed by atoms with van der Waals surface area (Å²) in [6, 6.07) is 30.9. The van der Waals surface area contributed by atoms with Crippen molar-refractivity contribution >= 4 is 78.0 Å². The zero-order valence-corrected chi connectivity index (χ0v) is 36.1. The second kappa shape index (κ2) is 12.7. The lowest BCUT2D eigenvalue weighted by atomic mass is 9.33. The monoisotopic (exact) mass is 758 g/mol. The maximum atomic E-state index is 6.50. The second-order valence-electron chi connectivity index (χ2n) is 19.5. The molecule has 0 unspecified atom stereocenters. The third-order valence-electron chi connectivity index (χ3n) is 12.2. The summed E-state index contributed by atoms with van der Waals surface area (Å²) >= 11 is 1.93. The average molecular weight is 759 g/mol. The first kappa shape index (κ1) is 36.9. The Bertz CT molecular complexity index is 2560. The van der Waals surface area contributed by atoms with E-state index < -0.39 is 0 Å². The molecule has 0 saturated heterocycles. The molecule has 286 valence electrons. The molecule has 0 saturated carbocycles. The minimum atomic E-state index is -0.0115. The summed E-state index contributed by atoms with van der Waals surface area (Å²) in [7, 11) is 0. The molecule has 0 spiro atoms. The highest BCUT2D eigenvalue weighted by Gasteiger charge is 2.46. The molecule has 0 amide bonds. The molecule has 0 aliphatic carbocycles. The van der Waals surface area contributed by atoms with Crippen LogP contribution in [-0.4, -0.2) is 19.9 Å². The Labute approximate surface area is 338 Å². The average Bonchev–Trinajstić information content (AvgIpc) is 3.33. The summed E-state index contributed by atoms with van der Waals surface area (Å²) in [6.07, 6.45) is 0.873. The van der Waals surface area contributed by atoms with Gasteiger partial charge in [-0.25, -0.2) is 0 Å². The maximum Gasteiger partial charge on any atom is 0.254 e. The lowest BCUT2D eigenvalue weighted by Gasteiger charge is -2.44. The van der Waals surface area contributed by atoms with Gasteiger partial charge in [0.05, 0.1) is 23.9 Å². The normalized spacial score (nSPS) is 15.1. The number of aryl methyl sites for hydroxylation is 2. The minimum absolute atomic E-state index is 0.0115. The van der Waals surface area contributed by atoms with Crippen LogP contribution >= 0.6 is 11.3 Å². The number of nitrogens with zero attached hydrogens (tertiary/aromatic N) is 2. The molecule has 6 heteroatoms. The fourth-order valence-corrected chi connectivity index (χ4v) is 10.4. The largest absolute Gasteiger partial charge is 0.490 e. The number of fused-ring (bicyclic) bond motifs is 7. The number of ether oxygens (including phenoxy) is 2. The van der Waals surface area contributed by atoms with Gasteiger partial charge in [0.1, 0.15) is 0 Å². The molecule has 0 bridgehead atoms. The molecule has 0 radical (unpaired) electrons. The molecule has 4 heterocycles. The second-order valence-corrected chi connectivity index (χ2v) is 20.5. The van der Waals surface area contributed by atoms with Crippen LogP contribution in [0.15, 0.2) is 78.9 Å². The van der Waals surface area contributed by atoms with Crippen LogP contribution in [-0.2, 0) is 16.2 Å². The van der Waals surface area contributed by atoms with Gasteiger partial charge in [-0.1, -0.05) is 98.7 Å². The maximum absolute atomic E-state index is 6.50. The van der Waals surface area contributed by atoms with Crippen molar-refractivity contribution in [2.45, 2.75) is 106 Å². The molecule has 3 aliphatic heterocycles. The zero-order valence-electron chi connectivity index (χ0n) is 35.3. The predicted octanol–water partition coefficient (Wildman–Crippen LogP) is 12.0. The van der Waals surface area contributed by atoms with E-state index in [2.05, 4.69) is 172 Å². The van der Waals surface area contributed by atoms with Gasteiger partial charge in [-0.2, -0.15) is 0 Å². The van der Waals surface area contributed by atoms with Gasteiger partial charge < -0.3 is 19.3 Å². The number of rotatable bonds is 2. The summed E-state index contributed by atoms with van der Waals surface area (Å²) in [6.45, 7) is 28.9. The van der Waals surface area contributed by atoms with Crippen LogP contribution < -0.4 is 35.7 Å². The van der Waals surface area contributed by atoms with Gasteiger partial charge in [-0.15, -0.1) is 11.3 Å². The Morgan fingerprint density at radius 1 is 0.607 bits per heavy atom. The van der Waals surface area contributed by atoms with E-state index in [-0.39, 0.29) is 23.0 Å². The van der Waals surface area contributed by atoms with Gasteiger partial charge in [-0.3, -0.25) is 0 Å². The van der Waals surface area contributed by atoms with Crippen molar-refractivity contribution in [1.29, 1.82) is 0 Å². The van der Waals surface area contributed by atoms with Gasteiger partial charge >= 0.3 is 0 Å². The molecule has 5 aromatic carbocycles. The molecule has 56 heavy (non-hydrogen) atoms. The standard InChI is InChI=1S/C50H55BN2O2S/c1-29-24-39-44-40(25-29)53(45-30(2)26-41-46(31(45)3)55-23-13-22-54-41)47-43(36-27-33(49(7,8)9)17-21-42(36)56-47)51(44)37-28-34(50(10,11)12)16-20-38(37)52(39)35-18-14-32(15-19-35)48(4,5)6/h14-21,24-28H,13,22-23H2,1-12H3. The smallest absolute Gasteiger partial charge is 0.254 e. The minimum Gasteiger partial charge on any atom is -0.490 e. The van der Waals surface area contributed by atoms with E-state index in [0.29, 0.717) is 13.2 Å². The van der Waals surface area contributed by atoms with Gasteiger partial charge in [0.15, 0.2) is 11.5 Å². The Hall–Kier alpha value is -4.68. The van der Waals surface area contributed by atoms with Crippen molar-refractivity contribution in [3.63, 3.8) is 0 Å². The zero-order chi connectivity index (χ0) is 39.6. The predicted molar refractivity (Wildman–Crippen MR) is 242 cm³/mol. The van der Waals surface area contributed by atoms with Crippen LogP contribution in [0.1, 0.15) is 102 Å². The summed E-state index contributed by atoms with van der Waals surface area (Å²) in [4.78, 5) is 5.14. The topological polar surface area (TPSA) is 24.9 Å². The van der Waals surface area contributed by atoms with Crippen molar-refractivity contribution in [2.75, 3.05) is 23.0 Å². The molecule has 6 aromatic rings. The highest BCUT2D eigenvalue weighted by Crippen LogP contribution is 2.52. The third-order valence-corrected chi connectivity index (χ3v) is 13.4. The first-order valence-corrected chi connectivity index (χ1v) is 21.2. The number of hydrogen-bond donors (Lipinski definition) is 0. The van der Waals surface area contributed by atoms with E-state index in [9.17, 15) is 0 Å². The van der Waals surface area contributed by atoms with E-state index in [1.807, 2.05) is 11.3 Å². The van der Waals surface area contributed by atoms with E-state index >= 15 is 0 Å². The van der Waals surface area contributed by atoms with Gasteiger partial charge in [0, 0.05) is 39.4 Å². The summed E-state index contributed by atoms with van der Waals surface area (Å²) < 4.78 is 14.1. The molecule has 1 aromatic heterocycles. The van der Waals surface area contributed by atoms with Crippen molar-refractivity contribution in [3.05, 3.63) is 112 Å². The van der Waals surface area contributed by atoms with Crippen molar-refractivity contribution in [3.8, 4) is 11.5 Å². The van der Waals surface area contributed by atoms with E-state index in [1.165, 1.54) is 87.7 Å². The van der Waals surface area contributed by atoms with Crippen molar-refractivity contribution < 1.29 is 9.47 Å². The molecule has 0 N–H and O–H groups in total. The van der Waals surface area contributed by atoms with Crippen molar-refractivity contribution in [1.82, 2.24) is 0 Å². The third kappa shape index (κ3) is 5.77. The van der Waals surface area contributed by atoms with E-state index in [4.69, 9.17) is 9.47 Å². The number of thiophene rings is 1. The van der Waals surface area contributed by atoms with Crippen LogP contribution in [0.5, 0.6) is 11.5 Å². The fourth-order valence-electron chi connectivity index (χ4n) is 9.17. The van der Waals surface area contributed by atoms with Crippen LogP contribution in [0.3, 0.4) is 0 Å². The van der Waals surface area contributed by atoms with E-state index in [1.54, 1.807) is 0 Å². The van der Waals surface area contributed by atoms with Crippen LogP contribution in [0.4, 0.5) is 33.4 Å². The molecule has 3 aliphatic rings. The number of hydrogen-bond acceptors (Lipinski definition) is 5. The van der Waals surface area contributed by atoms with Gasteiger partial charge in [0.25, 0.3) is 6.71 Å². The molecular formula is C50H55BN2O2S. The van der Waals surface area contributed by atoms with E-state index in [0.717, 1.165) is 23.5 Å². The summed E-state index contributed by atoms with van der Waals surface area (Å²) in [5, 5.41) is 2.64. The Morgan fingerprint density at radius 3 is 1.89 bits per heavy atom. The highest BCUT2D eigenvalue weighted by atomic mass is 32.1. The Balaban J connectivity index is 1.41. The molecule has 0 fully saturated rings. The summed E-state index contributed by atoms with van der Waals surface area (Å²) in [5.41, 5.74) is 17.9. The lowest BCUT2D eigenvalue weighted by molar-refractivity contribution is 0.296. The first-order valence-electron chi connectivity index (χ1n) is 20.4. The van der Waals surface area contributed by atoms with Gasteiger partial charge in [0.2, 0.25) is 0 Å². The van der Waals surface area contributed by atoms with Crippen LogP contribution in [0.2, 0.25) is 0 Å². The quantitative estimate of drug-likeness (QED) is 0.164. The Morgan fingerprint density at radius 2 is 1.21 bits per heavy atom. The summed E-state index contributed by atoms with van der Waals surface area (Å²) in [5.74, 6) is 1.72. The number of benzene rings is 5. The number of anilines is 6. The lowest BCUT2D eigenvalue weighted by Crippen LogP contribution is -2.61. The highest BCUT2D eigenvalue weighted by molar-refractivity contribution is 7.26. The van der Waals surface area contributed by atoms with Gasteiger partial charge in [-0.05, 0) is 129 Å². The molecule has 4 nitrogen and oxygen atoms in total. The van der Waals surface area contributed by atoms with Crippen LogP contribution in [0.25, 0.3) is 10.1 Å². The molecular weight excluding hydrogens is 703 g/mol. The molecule has 9 rings (SSSR count). The van der Waals surface area contributed by atoms with Crippen LogP contribution in [0, 0.1) is 20.8 Å². The SMILES string of the molecule is Cc1cc2c3c(c1)N(c1c(C)cc4c(c1C)OCCCO4)c1sc4ccc(C(C)(C)C)cc4c1B3c1cc(C(C)(C)C)ccc1N2c1ccc(C(C)(C)C)cc1. The fraction of sp³-hybridized carbons (Fsp3) is 0.360. The first-order chi connectivity index (χ1) is 26.4. The molecule has 0 atom stereocenters. The van der Waals surface area contributed by atoms with Crippen molar-refractivity contribution in [2.24, 2.45) is 0 Å². The Kier molecular flexibility index (Phi) is 8.35.